The number of halogens is 1. The van der Waals surface area contributed by atoms with Gasteiger partial charge in [-0.1, -0.05) is 18.0 Å². The van der Waals surface area contributed by atoms with Gasteiger partial charge in [0, 0.05) is 11.4 Å². The maximum absolute atomic E-state index is 11.0. The van der Waals surface area contributed by atoms with Gasteiger partial charge in [-0.3, -0.25) is 4.79 Å². The molecule has 0 aliphatic heterocycles. The first-order valence-corrected chi connectivity index (χ1v) is 7.04. The summed E-state index contributed by atoms with van der Waals surface area (Å²) in [6.45, 7) is 1.56. The lowest BCUT2D eigenvalue weighted by Gasteiger charge is -2.15. The number of carbonyl (C=O) groups is 1. The molecule has 2 atom stereocenters. The minimum atomic E-state index is -0.645. The highest BCUT2D eigenvalue weighted by atomic mass is 35.5. The minimum Gasteiger partial charge on any atom is -0.481 e. The summed E-state index contributed by atoms with van der Waals surface area (Å²) in [4.78, 5) is 12.2. The molecule has 94 valence electrons. The third-order valence-corrected chi connectivity index (χ3v) is 4.54. The fraction of sp³-hybridized carbons (Fsp3) is 0.583. The van der Waals surface area contributed by atoms with Gasteiger partial charge in [-0.15, -0.1) is 11.3 Å². The van der Waals surface area contributed by atoms with Gasteiger partial charge in [0.1, 0.15) is 0 Å². The molecule has 1 aromatic rings. The van der Waals surface area contributed by atoms with Crippen molar-refractivity contribution in [1.29, 1.82) is 0 Å². The van der Waals surface area contributed by atoms with E-state index in [2.05, 4.69) is 5.32 Å². The SMILES string of the molecule is O=C(O)C1CCCC1CNCc1ccc(Cl)s1. The Morgan fingerprint density at radius 3 is 3.00 bits per heavy atom. The van der Waals surface area contributed by atoms with Gasteiger partial charge in [0.15, 0.2) is 0 Å². The summed E-state index contributed by atoms with van der Waals surface area (Å²) in [5, 5.41) is 12.4. The molecular formula is C12H16ClNO2S. The Labute approximate surface area is 110 Å². The van der Waals surface area contributed by atoms with E-state index in [9.17, 15) is 4.79 Å². The molecule has 3 nitrogen and oxygen atoms in total. The van der Waals surface area contributed by atoms with Gasteiger partial charge in [0.2, 0.25) is 0 Å². The first-order chi connectivity index (χ1) is 8.16. The number of aliphatic carboxylic acids is 1. The van der Waals surface area contributed by atoms with Crippen LogP contribution >= 0.6 is 22.9 Å². The Kier molecular flexibility index (Phi) is 4.42. The van der Waals surface area contributed by atoms with Gasteiger partial charge >= 0.3 is 5.97 Å². The zero-order chi connectivity index (χ0) is 12.3. The van der Waals surface area contributed by atoms with Crippen molar-refractivity contribution in [3.8, 4) is 0 Å². The number of rotatable bonds is 5. The highest BCUT2D eigenvalue weighted by molar-refractivity contribution is 7.16. The van der Waals surface area contributed by atoms with Crippen LogP contribution in [-0.4, -0.2) is 17.6 Å². The Hall–Kier alpha value is -0.580. The predicted molar refractivity (Wildman–Crippen MR) is 69.5 cm³/mol. The van der Waals surface area contributed by atoms with Crippen LogP contribution in [0.15, 0.2) is 12.1 Å². The second kappa shape index (κ2) is 5.85. The van der Waals surface area contributed by atoms with Crippen LogP contribution in [-0.2, 0) is 11.3 Å². The van der Waals surface area contributed by atoms with E-state index in [1.165, 1.54) is 4.88 Å². The molecular weight excluding hydrogens is 258 g/mol. The van der Waals surface area contributed by atoms with Crippen molar-refractivity contribution >= 4 is 28.9 Å². The number of carboxylic acids is 1. The van der Waals surface area contributed by atoms with Crippen LogP contribution in [0.2, 0.25) is 4.34 Å². The molecule has 1 aromatic heterocycles. The van der Waals surface area contributed by atoms with E-state index < -0.39 is 5.97 Å². The summed E-state index contributed by atoms with van der Waals surface area (Å²) in [6.07, 6.45) is 2.88. The zero-order valence-corrected chi connectivity index (χ0v) is 11.1. The number of nitrogens with one attached hydrogen (secondary N) is 1. The van der Waals surface area contributed by atoms with Gasteiger partial charge < -0.3 is 10.4 Å². The van der Waals surface area contributed by atoms with Crippen molar-refractivity contribution in [2.75, 3.05) is 6.54 Å². The molecule has 2 unspecified atom stereocenters. The average molecular weight is 274 g/mol. The van der Waals surface area contributed by atoms with E-state index in [0.717, 1.165) is 36.7 Å². The molecule has 0 amide bonds. The summed E-state index contributed by atoms with van der Waals surface area (Å²) < 4.78 is 0.797. The van der Waals surface area contributed by atoms with Crippen LogP contribution in [0.1, 0.15) is 24.1 Å². The van der Waals surface area contributed by atoms with E-state index >= 15 is 0 Å². The van der Waals surface area contributed by atoms with Crippen LogP contribution in [0.4, 0.5) is 0 Å². The third-order valence-electron chi connectivity index (χ3n) is 3.31. The molecule has 1 aliphatic rings. The maximum Gasteiger partial charge on any atom is 0.306 e. The monoisotopic (exact) mass is 273 g/mol. The molecule has 1 aliphatic carbocycles. The van der Waals surface area contributed by atoms with Crippen LogP contribution < -0.4 is 5.32 Å². The normalized spacial score (nSPS) is 24.1. The molecule has 2 N–H and O–H groups in total. The van der Waals surface area contributed by atoms with E-state index in [1.54, 1.807) is 11.3 Å². The number of hydrogen-bond donors (Lipinski definition) is 2. The summed E-state index contributed by atoms with van der Waals surface area (Å²) in [5.41, 5.74) is 0. The van der Waals surface area contributed by atoms with Gasteiger partial charge in [0.05, 0.1) is 10.3 Å². The van der Waals surface area contributed by atoms with E-state index in [-0.39, 0.29) is 11.8 Å². The van der Waals surface area contributed by atoms with Crippen LogP contribution in [0.3, 0.4) is 0 Å². The second-order valence-corrected chi connectivity index (χ2v) is 6.27. The predicted octanol–water partition coefficient (Wildman–Crippen LogP) is 2.99. The summed E-state index contributed by atoms with van der Waals surface area (Å²) in [7, 11) is 0. The zero-order valence-electron chi connectivity index (χ0n) is 9.49. The fourth-order valence-corrected chi connectivity index (χ4v) is 3.49. The van der Waals surface area contributed by atoms with Crippen molar-refractivity contribution in [1.82, 2.24) is 5.32 Å². The molecule has 0 bridgehead atoms. The largest absolute Gasteiger partial charge is 0.481 e. The summed E-state index contributed by atoms with van der Waals surface area (Å²) >= 11 is 7.41. The van der Waals surface area contributed by atoms with Crippen molar-refractivity contribution < 1.29 is 9.90 Å². The highest BCUT2D eigenvalue weighted by Crippen LogP contribution is 2.31. The molecule has 0 radical (unpaired) electrons. The average Bonchev–Trinajstić information content (AvgIpc) is 2.87. The number of hydrogen-bond acceptors (Lipinski definition) is 3. The summed E-state index contributed by atoms with van der Waals surface area (Å²) in [5.74, 6) is -0.522. The quantitative estimate of drug-likeness (QED) is 0.867. The molecule has 1 heterocycles. The van der Waals surface area contributed by atoms with Gasteiger partial charge in [-0.25, -0.2) is 0 Å². The Bertz CT molecular complexity index is 394. The highest BCUT2D eigenvalue weighted by Gasteiger charge is 2.32. The van der Waals surface area contributed by atoms with Crippen LogP contribution in [0.25, 0.3) is 0 Å². The third kappa shape index (κ3) is 3.44. The van der Waals surface area contributed by atoms with Gasteiger partial charge in [-0.05, 0) is 37.4 Å². The second-order valence-electron chi connectivity index (χ2n) is 4.47. The first-order valence-electron chi connectivity index (χ1n) is 5.84. The van der Waals surface area contributed by atoms with Crippen molar-refractivity contribution in [2.24, 2.45) is 11.8 Å². The first kappa shape index (κ1) is 12.9. The molecule has 0 aromatic carbocycles. The molecule has 1 fully saturated rings. The minimum absolute atomic E-state index is 0.158. The van der Waals surface area contributed by atoms with E-state index in [4.69, 9.17) is 16.7 Å². The molecule has 2 rings (SSSR count). The molecule has 17 heavy (non-hydrogen) atoms. The topological polar surface area (TPSA) is 49.3 Å². The smallest absolute Gasteiger partial charge is 0.306 e. The molecule has 5 heteroatoms. The number of thiophene rings is 1. The molecule has 0 spiro atoms. The lowest BCUT2D eigenvalue weighted by molar-refractivity contribution is -0.142. The van der Waals surface area contributed by atoms with Crippen molar-refractivity contribution in [3.63, 3.8) is 0 Å². The lowest BCUT2D eigenvalue weighted by Crippen LogP contribution is -2.28. The standard InChI is InChI=1S/C12H16ClNO2S/c13-11-5-4-9(17-11)7-14-6-8-2-1-3-10(8)12(15)16/h4-5,8,10,14H,1-3,6-7H2,(H,15,16). The maximum atomic E-state index is 11.0. The van der Waals surface area contributed by atoms with E-state index in [0.29, 0.717) is 0 Å². The van der Waals surface area contributed by atoms with Crippen molar-refractivity contribution in [3.05, 3.63) is 21.3 Å². The molecule has 1 saturated carbocycles. The van der Waals surface area contributed by atoms with E-state index in [1.807, 2.05) is 12.1 Å². The van der Waals surface area contributed by atoms with Crippen LogP contribution in [0.5, 0.6) is 0 Å². The van der Waals surface area contributed by atoms with Crippen molar-refractivity contribution in [2.45, 2.75) is 25.8 Å². The lowest BCUT2D eigenvalue weighted by atomic mass is 9.96. The van der Waals surface area contributed by atoms with Gasteiger partial charge in [-0.2, -0.15) is 0 Å². The summed E-state index contributed by atoms with van der Waals surface area (Å²) in [6, 6.07) is 3.89. The fourth-order valence-electron chi connectivity index (χ4n) is 2.43. The molecule has 0 saturated heterocycles. The Morgan fingerprint density at radius 2 is 2.35 bits per heavy atom. The Balaban J connectivity index is 1.76. The number of carboxylic acid groups (broad SMARTS) is 1. The Morgan fingerprint density at radius 1 is 1.53 bits per heavy atom. The van der Waals surface area contributed by atoms with Crippen LogP contribution in [0, 0.1) is 11.8 Å². The van der Waals surface area contributed by atoms with Gasteiger partial charge in [0.25, 0.3) is 0 Å².